The van der Waals surface area contributed by atoms with Gasteiger partial charge in [0, 0.05) is 18.7 Å². The Morgan fingerprint density at radius 2 is 2.16 bits per heavy atom. The lowest BCUT2D eigenvalue weighted by Gasteiger charge is -2.23. The molecule has 4 nitrogen and oxygen atoms in total. The summed E-state index contributed by atoms with van der Waals surface area (Å²) in [6, 6.07) is 8.09. The number of amides is 1. The van der Waals surface area contributed by atoms with Crippen LogP contribution in [-0.2, 0) is 4.79 Å². The lowest BCUT2D eigenvalue weighted by Crippen LogP contribution is -2.35. The van der Waals surface area contributed by atoms with Crippen LogP contribution in [0.25, 0.3) is 0 Å². The van der Waals surface area contributed by atoms with E-state index in [-0.39, 0.29) is 5.91 Å². The van der Waals surface area contributed by atoms with Crippen LogP contribution in [0.3, 0.4) is 0 Å². The van der Waals surface area contributed by atoms with Crippen LogP contribution in [0.5, 0.6) is 5.75 Å². The van der Waals surface area contributed by atoms with E-state index in [1.165, 1.54) is 26.2 Å². The molecule has 0 bridgehead atoms. The molecule has 1 aromatic rings. The predicted octanol–water partition coefficient (Wildman–Crippen LogP) is 2.56. The molecule has 0 radical (unpaired) electrons. The van der Waals surface area contributed by atoms with E-state index in [1.807, 2.05) is 24.3 Å². The number of hydrogen-bond acceptors (Lipinski definition) is 3. The minimum Gasteiger partial charge on any atom is -0.494 e. The molecular weight excluding hydrogens is 240 g/mol. The fraction of sp³-hybridized carbons (Fsp3) is 0.533. The lowest BCUT2D eigenvalue weighted by atomic mass is 10.0. The number of hydrogen-bond donors (Lipinski definition) is 2. The Morgan fingerprint density at radius 3 is 2.79 bits per heavy atom. The zero-order valence-electron chi connectivity index (χ0n) is 11.4. The molecular formula is C15H22N2O2. The molecule has 1 heterocycles. The van der Waals surface area contributed by atoms with E-state index in [0.717, 1.165) is 31.0 Å². The SMILES string of the molecule is CC(=O)Nc1ccc(OCCC2CCCCN2)cc1. The number of anilines is 1. The van der Waals surface area contributed by atoms with Crippen molar-refractivity contribution in [2.45, 2.75) is 38.6 Å². The molecule has 104 valence electrons. The highest BCUT2D eigenvalue weighted by Gasteiger charge is 2.11. The van der Waals surface area contributed by atoms with Crippen molar-refractivity contribution in [3.63, 3.8) is 0 Å². The Labute approximate surface area is 114 Å². The second-order valence-electron chi connectivity index (χ2n) is 4.99. The molecule has 1 unspecified atom stereocenters. The summed E-state index contributed by atoms with van der Waals surface area (Å²) in [7, 11) is 0. The molecule has 19 heavy (non-hydrogen) atoms. The summed E-state index contributed by atoms with van der Waals surface area (Å²) in [6.45, 7) is 3.37. The molecule has 0 aromatic heterocycles. The van der Waals surface area contributed by atoms with Crippen molar-refractivity contribution in [2.75, 3.05) is 18.5 Å². The standard InChI is InChI=1S/C15H22N2O2/c1-12(18)17-14-5-7-15(8-6-14)19-11-9-13-4-2-3-10-16-13/h5-8,13,16H,2-4,9-11H2,1H3,(H,17,18). The van der Waals surface area contributed by atoms with Gasteiger partial charge in [-0.3, -0.25) is 4.79 Å². The van der Waals surface area contributed by atoms with Gasteiger partial charge in [0.25, 0.3) is 0 Å². The average molecular weight is 262 g/mol. The summed E-state index contributed by atoms with van der Waals surface area (Å²) in [5.41, 5.74) is 0.800. The Bertz CT molecular complexity index is 397. The molecule has 0 saturated carbocycles. The monoisotopic (exact) mass is 262 g/mol. The van der Waals surface area contributed by atoms with Crippen LogP contribution >= 0.6 is 0 Å². The van der Waals surface area contributed by atoms with E-state index in [1.54, 1.807) is 0 Å². The average Bonchev–Trinajstić information content (AvgIpc) is 2.41. The molecule has 1 atom stereocenters. The third-order valence-corrected chi connectivity index (χ3v) is 3.32. The van der Waals surface area contributed by atoms with Crippen molar-refractivity contribution in [1.82, 2.24) is 5.32 Å². The molecule has 1 saturated heterocycles. The van der Waals surface area contributed by atoms with Crippen LogP contribution in [0.15, 0.2) is 24.3 Å². The number of nitrogens with one attached hydrogen (secondary N) is 2. The lowest BCUT2D eigenvalue weighted by molar-refractivity contribution is -0.114. The third-order valence-electron chi connectivity index (χ3n) is 3.32. The summed E-state index contributed by atoms with van der Waals surface area (Å²) in [6.07, 6.45) is 4.92. The van der Waals surface area contributed by atoms with Crippen LogP contribution in [0.1, 0.15) is 32.6 Å². The summed E-state index contributed by atoms with van der Waals surface area (Å²) in [5, 5.41) is 6.24. The fourth-order valence-corrected chi connectivity index (χ4v) is 2.33. The smallest absolute Gasteiger partial charge is 0.221 e. The van der Waals surface area contributed by atoms with Crippen molar-refractivity contribution < 1.29 is 9.53 Å². The van der Waals surface area contributed by atoms with Gasteiger partial charge in [0.15, 0.2) is 0 Å². The summed E-state index contributed by atoms with van der Waals surface area (Å²) >= 11 is 0. The van der Waals surface area contributed by atoms with Gasteiger partial charge in [-0.05, 0) is 50.1 Å². The summed E-state index contributed by atoms with van der Waals surface area (Å²) < 4.78 is 5.72. The Balaban J connectivity index is 1.71. The molecule has 1 aromatic carbocycles. The summed E-state index contributed by atoms with van der Waals surface area (Å²) in [5.74, 6) is 0.793. The molecule has 0 aliphatic carbocycles. The van der Waals surface area contributed by atoms with Gasteiger partial charge >= 0.3 is 0 Å². The van der Waals surface area contributed by atoms with Crippen molar-refractivity contribution in [1.29, 1.82) is 0 Å². The maximum atomic E-state index is 10.9. The molecule has 0 spiro atoms. The number of ether oxygens (including phenoxy) is 1. The minimum absolute atomic E-state index is 0.0583. The highest BCUT2D eigenvalue weighted by atomic mass is 16.5. The van der Waals surface area contributed by atoms with Crippen molar-refractivity contribution in [2.24, 2.45) is 0 Å². The maximum absolute atomic E-state index is 10.9. The Kier molecular flexibility index (Phi) is 5.21. The van der Waals surface area contributed by atoms with Crippen molar-refractivity contribution in [3.8, 4) is 5.75 Å². The molecule has 1 fully saturated rings. The van der Waals surface area contributed by atoms with E-state index in [4.69, 9.17) is 4.74 Å². The topological polar surface area (TPSA) is 50.4 Å². The number of benzene rings is 1. The number of rotatable bonds is 5. The maximum Gasteiger partial charge on any atom is 0.221 e. The Hall–Kier alpha value is -1.55. The molecule has 2 rings (SSSR count). The van der Waals surface area contributed by atoms with Crippen molar-refractivity contribution >= 4 is 11.6 Å². The normalized spacial score (nSPS) is 18.9. The van der Waals surface area contributed by atoms with E-state index in [9.17, 15) is 4.79 Å². The first-order valence-corrected chi connectivity index (χ1v) is 6.98. The first kappa shape index (κ1) is 13.9. The van der Waals surface area contributed by atoms with Crippen LogP contribution in [-0.4, -0.2) is 25.1 Å². The van der Waals surface area contributed by atoms with E-state index in [2.05, 4.69) is 10.6 Å². The van der Waals surface area contributed by atoms with Gasteiger partial charge in [-0.1, -0.05) is 6.42 Å². The fourth-order valence-electron chi connectivity index (χ4n) is 2.33. The van der Waals surface area contributed by atoms with Crippen LogP contribution in [0.4, 0.5) is 5.69 Å². The van der Waals surface area contributed by atoms with E-state index >= 15 is 0 Å². The largest absolute Gasteiger partial charge is 0.494 e. The second kappa shape index (κ2) is 7.14. The van der Waals surface area contributed by atoms with Gasteiger partial charge in [-0.15, -0.1) is 0 Å². The molecule has 1 aliphatic rings. The highest BCUT2D eigenvalue weighted by molar-refractivity contribution is 5.88. The summed E-state index contributed by atoms with van der Waals surface area (Å²) in [4.78, 5) is 10.9. The molecule has 2 N–H and O–H groups in total. The minimum atomic E-state index is -0.0583. The second-order valence-corrected chi connectivity index (χ2v) is 4.99. The van der Waals surface area contributed by atoms with Crippen LogP contribution < -0.4 is 15.4 Å². The number of carbonyl (C=O) groups excluding carboxylic acids is 1. The van der Waals surface area contributed by atoms with Gasteiger partial charge in [-0.2, -0.15) is 0 Å². The predicted molar refractivity (Wildman–Crippen MR) is 76.5 cm³/mol. The highest BCUT2D eigenvalue weighted by Crippen LogP contribution is 2.17. The zero-order valence-corrected chi connectivity index (χ0v) is 11.4. The van der Waals surface area contributed by atoms with Crippen LogP contribution in [0, 0.1) is 0 Å². The molecule has 4 heteroatoms. The van der Waals surface area contributed by atoms with E-state index in [0.29, 0.717) is 6.04 Å². The van der Waals surface area contributed by atoms with Gasteiger partial charge < -0.3 is 15.4 Å². The van der Waals surface area contributed by atoms with E-state index < -0.39 is 0 Å². The van der Waals surface area contributed by atoms with Crippen molar-refractivity contribution in [3.05, 3.63) is 24.3 Å². The number of piperidine rings is 1. The zero-order chi connectivity index (χ0) is 13.5. The Morgan fingerprint density at radius 1 is 1.37 bits per heavy atom. The third kappa shape index (κ3) is 4.91. The van der Waals surface area contributed by atoms with Gasteiger partial charge in [0.2, 0.25) is 5.91 Å². The first-order chi connectivity index (χ1) is 9.24. The van der Waals surface area contributed by atoms with Crippen LogP contribution in [0.2, 0.25) is 0 Å². The molecule has 1 aliphatic heterocycles. The van der Waals surface area contributed by atoms with Gasteiger partial charge in [0.1, 0.15) is 5.75 Å². The number of carbonyl (C=O) groups is 1. The van der Waals surface area contributed by atoms with Gasteiger partial charge in [0.05, 0.1) is 6.61 Å². The van der Waals surface area contributed by atoms with Gasteiger partial charge in [-0.25, -0.2) is 0 Å². The first-order valence-electron chi connectivity index (χ1n) is 6.98. The quantitative estimate of drug-likeness (QED) is 0.857. The molecule has 1 amide bonds.